The van der Waals surface area contributed by atoms with Crippen LogP contribution in [0.1, 0.15) is 18.9 Å². The summed E-state index contributed by atoms with van der Waals surface area (Å²) < 4.78 is 5.00. The molecule has 3 heteroatoms. The monoisotopic (exact) mass is 530 g/mol. The van der Waals surface area contributed by atoms with Crippen LogP contribution >= 0.6 is 11.3 Å². The van der Waals surface area contributed by atoms with Crippen molar-refractivity contribution in [1.82, 2.24) is 9.55 Å². The minimum atomic E-state index is 0.940. The van der Waals surface area contributed by atoms with Crippen molar-refractivity contribution in [3.8, 4) is 17.1 Å². The zero-order valence-corrected chi connectivity index (χ0v) is 23.0. The van der Waals surface area contributed by atoms with E-state index in [-0.39, 0.29) is 0 Å². The average molecular weight is 531 g/mol. The molecule has 3 aromatic heterocycles. The number of hydrogen-bond donors (Lipinski definition) is 0. The van der Waals surface area contributed by atoms with Crippen LogP contribution in [0, 0.1) is 0 Å². The van der Waals surface area contributed by atoms with E-state index in [0.29, 0.717) is 0 Å². The summed E-state index contributed by atoms with van der Waals surface area (Å²) in [6.45, 7) is 2.19. The zero-order chi connectivity index (χ0) is 26.6. The van der Waals surface area contributed by atoms with E-state index < -0.39 is 0 Å². The first kappa shape index (κ1) is 23.2. The van der Waals surface area contributed by atoms with Crippen molar-refractivity contribution in [2.75, 3.05) is 0 Å². The lowest BCUT2D eigenvalue weighted by Crippen LogP contribution is -2.01. The Morgan fingerprint density at radius 2 is 1.50 bits per heavy atom. The van der Waals surface area contributed by atoms with Crippen LogP contribution in [0.5, 0.6) is 0 Å². The summed E-state index contributed by atoms with van der Waals surface area (Å²) in [6, 6.07) is 37.1. The lowest BCUT2D eigenvalue weighted by atomic mass is 10.0. The maximum absolute atomic E-state index is 5.34. The van der Waals surface area contributed by atoms with Crippen LogP contribution in [0.25, 0.3) is 64.6 Å². The standard InChI is InChI=1S/C37H26N2S/c1-24-10-9-13-25(19-18-24)27-22-32(26-11-3-2-4-12-26)38-35(23-27)39-33-16-7-5-14-28(33)30-20-21-31-29-15-6-8-17-34(29)40-37(31)36(30)39/h2-17,19-23H,18H2,1H3. The smallest absolute Gasteiger partial charge is 0.138 e. The molecule has 8 rings (SSSR count). The van der Waals surface area contributed by atoms with Gasteiger partial charge in [-0.25, -0.2) is 4.98 Å². The molecule has 0 atom stereocenters. The molecule has 0 bridgehead atoms. The van der Waals surface area contributed by atoms with Crippen LogP contribution in [0.2, 0.25) is 0 Å². The maximum atomic E-state index is 5.34. The van der Waals surface area contributed by atoms with Crippen LogP contribution in [-0.2, 0) is 0 Å². The Hall–Kier alpha value is -4.73. The minimum absolute atomic E-state index is 0.940. The van der Waals surface area contributed by atoms with Gasteiger partial charge < -0.3 is 0 Å². The predicted octanol–water partition coefficient (Wildman–Crippen LogP) is 10.5. The molecule has 0 N–H and O–H groups in total. The number of thiophene rings is 1. The predicted molar refractivity (Wildman–Crippen MR) is 172 cm³/mol. The molecule has 0 radical (unpaired) electrons. The van der Waals surface area contributed by atoms with Gasteiger partial charge in [0.1, 0.15) is 5.82 Å². The van der Waals surface area contributed by atoms with Crippen LogP contribution < -0.4 is 0 Å². The van der Waals surface area contributed by atoms with Crippen molar-refractivity contribution < 1.29 is 0 Å². The second-order valence-electron chi connectivity index (χ2n) is 10.5. The molecule has 0 saturated heterocycles. The van der Waals surface area contributed by atoms with Gasteiger partial charge in [-0.2, -0.15) is 0 Å². The van der Waals surface area contributed by atoms with Gasteiger partial charge in [-0.05, 0) is 48.7 Å². The van der Waals surface area contributed by atoms with E-state index in [4.69, 9.17) is 4.98 Å². The third kappa shape index (κ3) is 3.66. The zero-order valence-electron chi connectivity index (χ0n) is 22.1. The van der Waals surface area contributed by atoms with Crippen molar-refractivity contribution in [3.05, 3.63) is 139 Å². The highest BCUT2D eigenvalue weighted by Crippen LogP contribution is 2.43. The van der Waals surface area contributed by atoms with E-state index in [2.05, 4.69) is 139 Å². The first-order valence-corrected chi connectivity index (χ1v) is 14.5. The van der Waals surface area contributed by atoms with Crippen LogP contribution in [-0.4, -0.2) is 9.55 Å². The lowest BCUT2D eigenvalue weighted by Gasteiger charge is -2.13. The van der Waals surface area contributed by atoms with E-state index in [1.165, 1.54) is 58.7 Å². The summed E-state index contributed by atoms with van der Waals surface area (Å²) in [5.74, 6) is 0.940. The molecule has 40 heavy (non-hydrogen) atoms. The van der Waals surface area contributed by atoms with E-state index in [1.54, 1.807) is 0 Å². The number of allylic oxidation sites excluding steroid dienone is 6. The number of aromatic nitrogens is 2. The molecule has 1 aliphatic rings. The Labute approximate surface area is 236 Å². The van der Waals surface area contributed by atoms with Crippen LogP contribution in [0.15, 0.2) is 133 Å². The number of pyridine rings is 1. The minimum Gasteiger partial charge on any atom is -0.292 e. The van der Waals surface area contributed by atoms with Crippen molar-refractivity contribution in [2.24, 2.45) is 0 Å². The normalized spacial score (nSPS) is 13.7. The number of para-hydroxylation sites is 1. The molecule has 0 spiro atoms. The molecule has 7 aromatic rings. The average Bonchev–Trinajstić information content (AvgIpc) is 3.46. The summed E-state index contributed by atoms with van der Waals surface area (Å²) in [5, 5.41) is 5.12. The van der Waals surface area contributed by atoms with Gasteiger partial charge in [-0.15, -0.1) is 11.3 Å². The summed E-state index contributed by atoms with van der Waals surface area (Å²) >= 11 is 1.87. The third-order valence-electron chi connectivity index (χ3n) is 7.92. The number of fused-ring (bicyclic) bond motifs is 7. The van der Waals surface area contributed by atoms with Crippen LogP contribution in [0.3, 0.4) is 0 Å². The number of hydrogen-bond acceptors (Lipinski definition) is 2. The molecule has 0 unspecified atom stereocenters. The van der Waals surface area contributed by atoms with Crippen molar-refractivity contribution in [2.45, 2.75) is 13.3 Å². The topological polar surface area (TPSA) is 17.8 Å². The molecular formula is C37H26N2S. The first-order chi connectivity index (χ1) is 19.7. The highest BCUT2D eigenvalue weighted by atomic mass is 32.1. The maximum Gasteiger partial charge on any atom is 0.138 e. The molecule has 4 aromatic carbocycles. The van der Waals surface area contributed by atoms with E-state index >= 15 is 0 Å². The Bertz CT molecular complexity index is 2190. The number of rotatable bonds is 3. The van der Waals surface area contributed by atoms with Crippen molar-refractivity contribution in [1.29, 1.82) is 0 Å². The van der Waals surface area contributed by atoms with E-state index in [0.717, 1.165) is 23.5 Å². The van der Waals surface area contributed by atoms with Crippen molar-refractivity contribution >= 4 is 58.9 Å². The summed E-state index contributed by atoms with van der Waals surface area (Å²) in [4.78, 5) is 5.34. The summed E-state index contributed by atoms with van der Waals surface area (Å²) in [7, 11) is 0. The molecule has 190 valence electrons. The van der Waals surface area contributed by atoms with E-state index in [9.17, 15) is 0 Å². The molecule has 0 saturated carbocycles. The fourth-order valence-corrected chi connectivity index (χ4v) is 7.20. The molecule has 3 heterocycles. The Balaban J connectivity index is 1.49. The number of benzene rings is 4. The van der Waals surface area contributed by atoms with Crippen molar-refractivity contribution in [3.63, 3.8) is 0 Å². The van der Waals surface area contributed by atoms with E-state index in [1.807, 2.05) is 11.3 Å². The molecule has 0 amide bonds. The Morgan fingerprint density at radius 1 is 0.725 bits per heavy atom. The second-order valence-corrected chi connectivity index (χ2v) is 11.5. The second kappa shape index (κ2) is 9.18. The first-order valence-electron chi connectivity index (χ1n) is 13.7. The largest absolute Gasteiger partial charge is 0.292 e. The van der Waals surface area contributed by atoms with Gasteiger partial charge in [0.25, 0.3) is 0 Å². The van der Waals surface area contributed by atoms with Gasteiger partial charge in [0.15, 0.2) is 0 Å². The molecule has 0 aliphatic heterocycles. The quantitative estimate of drug-likeness (QED) is 0.222. The highest BCUT2D eigenvalue weighted by molar-refractivity contribution is 7.26. The van der Waals surface area contributed by atoms with Gasteiger partial charge in [0, 0.05) is 31.8 Å². The number of nitrogens with zero attached hydrogens (tertiary/aromatic N) is 2. The molecular weight excluding hydrogens is 504 g/mol. The van der Waals surface area contributed by atoms with Gasteiger partial charge >= 0.3 is 0 Å². The highest BCUT2D eigenvalue weighted by Gasteiger charge is 2.19. The SMILES string of the molecule is CC1=CC=CC(c2cc(-c3ccccc3)nc(-n3c4ccccc4c4ccc5c6ccccc6sc5c43)c2)=CC1. The summed E-state index contributed by atoms with van der Waals surface area (Å²) in [6.07, 6.45) is 9.87. The van der Waals surface area contributed by atoms with Gasteiger partial charge in [-0.1, -0.05) is 109 Å². The third-order valence-corrected chi connectivity index (χ3v) is 9.12. The fourth-order valence-electron chi connectivity index (χ4n) is 5.96. The van der Waals surface area contributed by atoms with Crippen LogP contribution in [0.4, 0.5) is 0 Å². The summed E-state index contributed by atoms with van der Waals surface area (Å²) in [5.41, 5.74) is 8.26. The molecule has 1 aliphatic carbocycles. The lowest BCUT2D eigenvalue weighted by molar-refractivity contribution is 1.08. The molecule has 0 fully saturated rings. The van der Waals surface area contributed by atoms with Gasteiger partial charge in [-0.3, -0.25) is 4.57 Å². The fraction of sp³-hybridized carbons (Fsp3) is 0.0541. The Morgan fingerprint density at radius 3 is 2.40 bits per heavy atom. The Kier molecular flexibility index (Phi) is 5.32. The van der Waals surface area contributed by atoms with Gasteiger partial charge in [0.05, 0.1) is 21.4 Å². The van der Waals surface area contributed by atoms with Gasteiger partial charge in [0.2, 0.25) is 0 Å². The molecule has 2 nitrogen and oxygen atoms in total.